The zero-order valence-corrected chi connectivity index (χ0v) is 13.7. The first kappa shape index (κ1) is 15.9. The molecule has 24 heavy (non-hydrogen) atoms. The lowest BCUT2D eigenvalue weighted by Gasteiger charge is -2.09. The van der Waals surface area contributed by atoms with Gasteiger partial charge in [-0.1, -0.05) is 6.07 Å². The fourth-order valence-electron chi connectivity index (χ4n) is 2.72. The van der Waals surface area contributed by atoms with Crippen molar-refractivity contribution in [3.8, 4) is 12.1 Å². The van der Waals surface area contributed by atoms with Crippen LogP contribution in [0.1, 0.15) is 34.4 Å². The van der Waals surface area contributed by atoms with Gasteiger partial charge in [-0.05, 0) is 49.0 Å². The summed E-state index contributed by atoms with van der Waals surface area (Å²) in [5.74, 6) is -0.503. The van der Waals surface area contributed by atoms with Crippen molar-refractivity contribution in [3.63, 3.8) is 0 Å². The van der Waals surface area contributed by atoms with Crippen LogP contribution in [0.15, 0.2) is 30.1 Å². The number of thiophene rings is 1. The van der Waals surface area contributed by atoms with Gasteiger partial charge in [-0.2, -0.15) is 10.5 Å². The molecule has 0 aromatic carbocycles. The third-order valence-electron chi connectivity index (χ3n) is 3.87. The fraction of sp³-hybridized carbons (Fsp3) is 0.222. The van der Waals surface area contributed by atoms with E-state index in [1.54, 1.807) is 24.5 Å². The number of hydrogen-bond donors (Lipinski definition) is 1. The summed E-state index contributed by atoms with van der Waals surface area (Å²) in [5.41, 5.74) is 2.26. The molecule has 1 N–H and O–H groups in total. The van der Waals surface area contributed by atoms with Gasteiger partial charge in [0.15, 0.2) is 0 Å². The maximum atomic E-state index is 12.4. The molecule has 1 aliphatic rings. The number of hydrogen-bond acceptors (Lipinski definition) is 5. The van der Waals surface area contributed by atoms with Crippen LogP contribution in [0.25, 0.3) is 6.08 Å². The summed E-state index contributed by atoms with van der Waals surface area (Å²) in [7, 11) is 0. The van der Waals surface area contributed by atoms with Crippen molar-refractivity contribution in [1.29, 1.82) is 10.5 Å². The minimum absolute atomic E-state index is 0.0155. The van der Waals surface area contributed by atoms with E-state index in [9.17, 15) is 15.3 Å². The Kier molecular flexibility index (Phi) is 4.69. The molecule has 0 saturated carbocycles. The zero-order valence-electron chi connectivity index (χ0n) is 12.9. The summed E-state index contributed by atoms with van der Waals surface area (Å²) in [4.78, 5) is 17.5. The van der Waals surface area contributed by atoms with Gasteiger partial charge < -0.3 is 5.32 Å². The lowest BCUT2D eigenvalue weighted by atomic mass is 9.96. The Morgan fingerprint density at radius 2 is 2.17 bits per heavy atom. The molecule has 0 atom stereocenters. The van der Waals surface area contributed by atoms with Crippen molar-refractivity contribution >= 4 is 28.3 Å². The van der Waals surface area contributed by atoms with Gasteiger partial charge in [-0.15, -0.1) is 11.3 Å². The van der Waals surface area contributed by atoms with Gasteiger partial charge in [0, 0.05) is 17.3 Å². The van der Waals surface area contributed by atoms with Gasteiger partial charge in [0.2, 0.25) is 0 Å². The number of amides is 1. The number of pyridine rings is 1. The highest BCUT2D eigenvalue weighted by atomic mass is 32.1. The van der Waals surface area contributed by atoms with E-state index in [1.807, 2.05) is 6.07 Å². The highest BCUT2D eigenvalue weighted by molar-refractivity contribution is 7.16. The molecule has 2 aromatic rings. The van der Waals surface area contributed by atoms with Crippen molar-refractivity contribution in [1.82, 2.24) is 4.98 Å². The van der Waals surface area contributed by atoms with Crippen LogP contribution in [0.4, 0.5) is 5.00 Å². The Hall–Kier alpha value is -2.96. The quantitative estimate of drug-likeness (QED) is 0.688. The molecule has 118 valence electrons. The third kappa shape index (κ3) is 3.19. The number of aryl methyl sites for hydroxylation is 1. The van der Waals surface area contributed by atoms with Crippen molar-refractivity contribution < 1.29 is 4.79 Å². The number of rotatable bonds is 3. The standard InChI is InChI=1S/C18H14N4OS/c19-9-13(8-12-4-3-7-21-11-12)17(23)22-18-15(10-20)14-5-1-2-6-16(14)24-18/h3-4,7-8,11H,1-2,5-6H2,(H,22,23)/b13-8+. The normalized spacial score (nSPS) is 13.5. The SMILES string of the molecule is N#C/C(=C\c1cccnc1)C(=O)Nc1sc2c(c1C#N)CCCC2. The van der Waals surface area contributed by atoms with Crippen molar-refractivity contribution in [2.24, 2.45) is 0 Å². The van der Waals surface area contributed by atoms with Crippen LogP contribution >= 0.6 is 11.3 Å². The molecule has 2 heterocycles. The molecule has 0 fully saturated rings. The van der Waals surface area contributed by atoms with Crippen LogP contribution < -0.4 is 5.32 Å². The highest BCUT2D eigenvalue weighted by Gasteiger charge is 2.22. The number of anilines is 1. The molecule has 0 bridgehead atoms. The number of nitrogens with zero attached hydrogens (tertiary/aromatic N) is 3. The van der Waals surface area contributed by atoms with Crippen molar-refractivity contribution in [2.75, 3.05) is 5.32 Å². The molecule has 0 spiro atoms. The second-order valence-electron chi connectivity index (χ2n) is 5.44. The monoisotopic (exact) mass is 334 g/mol. The molecule has 1 aliphatic carbocycles. The highest BCUT2D eigenvalue weighted by Crippen LogP contribution is 2.37. The van der Waals surface area contributed by atoms with Crippen molar-refractivity contribution in [2.45, 2.75) is 25.7 Å². The van der Waals surface area contributed by atoms with E-state index in [0.717, 1.165) is 31.2 Å². The lowest BCUT2D eigenvalue weighted by molar-refractivity contribution is -0.112. The van der Waals surface area contributed by atoms with E-state index in [0.29, 0.717) is 16.1 Å². The van der Waals surface area contributed by atoms with Crippen molar-refractivity contribution in [3.05, 3.63) is 51.7 Å². The van der Waals surface area contributed by atoms with Crippen LogP contribution in [0.5, 0.6) is 0 Å². The van der Waals surface area contributed by atoms with E-state index in [-0.39, 0.29) is 5.57 Å². The first-order valence-corrected chi connectivity index (χ1v) is 8.42. The average molecular weight is 334 g/mol. The van der Waals surface area contributed by atoms with Crippen LogP contribution in [0.2, 0.25) is 0 Å². The first-order chi connectivity index (χ1) is 11.7. The maximum absolute atomic E-state index is 12.4. The molecule has 5 nitrogen and oxygen atoms in total. The molecular weight excluding hydrogens is 320 g/mol. The van der Waals surface area contributed by atoms with Gasteiger partial charge in [-0.3, -0.25) is 9.78 Å². The molecule has 0 aliphatic heterocycles. The van der Waals surface area contributed by atoms with E-state index in [1.165, 1.54) is 22.3 Å². The Morgan fingerprint density at radius 1 is 1.33 bits per heavy atom. The summed E-state index contributed by atoms with van der Waals surface area (Å²) in [6.45, 7) is 0. The lowest BCUT2D eigenvalue weighted by Crippen LogP contribution is -2.13. The number of fused-ring (bicyclic) bond motifs is 1. The van der Waals surface area contributed by atoms with E-state index < -0.39 is 5.91 Å². The average Bonchev–Trinajstić information content (AvgIpc) is 2.97. The summed E-state index contributed by atoms with van der Waals surface area (Å²) < 4.78 is 0. The minimum atomic E-state index is -0.503. The number of carbonyl (C=O) groups excluding carboxylic acids is 1. The summed E-state index contributed by atoms with van der Waals surface area (Å²) >= 11 is 1.45. The Balaban J connectivity index is 1.87. The Morgan fingerprint density at radius 3 is 2.88 bits per heavy atom. The minimum Gasteiger partial charge on any atom is -0.312 e. The molecule has 0 unspecified atom stereocenters. The van der Waals surface area contributed by atoms with E-state index in [2.05, 4.69) is 16.4 Å². The smallest absolute Gasteiger partial charge is 0.266 e. The summed E-state index contributed by atoms with van der Waals surface area (Å²) in [5, 5.41) is 22.0. The third-order valence-corrected chi connectivity index (χ3v) is 5.08. The molecule has 1 amide bonds. The summed E-state index contributed by atoms with van der Waals surface area (Å²) in [6.07, 6.45) is 8.69. The molecule has 0 radical (unpaired) electrons. The number of nitrogens with one attached hydrogen (secondary N) is 1. The number of nitriles is 2. The second kappa shape index (κ2) is 7.08. The van der Waals surface area contributed by atoms with E-state index in [4.69, 9.17) is 0 Å². The fourth-order valence-corrected chi connectivity index (χ4v) is 3.95. The predicted molar refractivity (Wildman–Crippen MR) is 92.1 cm³/mol. The Bertz CT molecular complexity index is 884. The molecular formula is C18H14N4OS. The number of aromatic nitrogens is 1. The molecule has 6 heteroatoms. The van der Waals surface area contributed by atoms with Gasteiger partial charge in [0.05, 0.1) is 5.56 Å². The van der Waals surface area contributed by atoms with Crippen LogP contribution in [0.3, 0.4) is 0 Å². The van der Waals surface area contributed by atoms with Crippen LogP contribution in [-0.2, 0) is 17.6 Å². The topological polar surface area (TPSA) is 89.6 Å². The Labute approximate surface area is 143 Å². The van der Waals surface area contributed by atoms with Gasteiger partial charge in [0.1, 0.15) is 22.7 Å². The second-order valence-corrected chi connectivity index (χ2v) is 6.54. The first-order valence-electron chi connectivity index (χ1n) is 7.60. The largest absolute Gasteiger partial charge is 0.312 e. The van der Waals surface area contributed by atoms with Crippen LogP contribution in [0, 0.1) is 22.7 Å². The van der Waals surface area contributed by atoms with E-state index >= 15 is 0 Å². The summed E-state index contributed by atoms with van der Waals surface area (Å²) in [6, 6.07) is 7.61. The molecule has 3 rings (SSSR count). The van der Waals surface area contributed by atoms with Crippen LogP contribution in [-0.4, -0.2) is 10.9 Å². The predicted octanol–water partition coefficient (Wildman–Crippen LogP) is 3.44. The molecule has 2 aromatic heterocycles. The van der Waals surface area contributed by atoms with Gasteiger partial charge in [0.25, 0.3) is 5.91 Å². The zero-order chi connectivity index (χ0) is 16.9. The number of carbonyl (C=O) groups is 1. The molecule has 0 saturated heterocycles. The van der Waals surface area contributed by atoms with Gasteiger partial charge >= 0.3 is 0 Å². The van der Waals surface area contributed by atoms with Gasteiger partial charge in [-0.25, -0.2) is 0 Å². The maximum Gasteiger partial charge on any atom is 0.266 e.